The fourth-order valence-electron chi connectivity index (χ4n) is 1.96. The molecule has 0 saturated heterocycles. The zero-order chi connectivity index (χ0) is 14.8. The van der Waals surface area contributed by atoms with E-state index in [0.717, 1.165) is 0 Å². The van der Waals surface area contributed by atoms with Crippen LogP contribution in [0.1, 0.15) is 36.7 Å². The van der Waals surface area contributed by atoms with Crippen molar-refractivity contribution in [2.45, 2.75) is 32.7 Å². The first-order chi connectivity index (χ1) is 9.36. The number of carbonyl (C=O) groups excluding carboxylic acids is 1. The third kappa shape index (κ3) is 3.67. The molecule has 0 spiro atoms. The molecule has 0 fully saturated rings. The van der Waals surface area contributed by atoms with E-state index in [1.54, 1.807) is 24.3 Å². The largest absolute Gasteiger partial charge is 0.287 e. The van der Waals surface area contributed by atoms with E-state index in [2.05, 4.69) is 32.9 Å². The first-order valence-corrected chi connectivity index (χ1v) is 7.02. The molecule has 2 rings (SSSR count). The van der Waals surface area contributed by atoms with Gasteiger partial charge in [0.25, 0.3) is 0 Å². The summed E-state index contributed by atoms with van der Waals surface area (Å²) in [6.45, 7) is 6.86. The van der Waals surface area contributed by atoms with Gasteiger partial charge in [-0.15, -0.1) is 0 Å². The van der Waals surface area contributed by atoms with Gasteiger partial charge in [0.2, 0.25) is 12.3 Å². The van der Waals surface area contributed by atoms with E-state index in [0.29, 0.717) is 17.1 Å². The van der Waals surface area contributed by atoms with Crippen LogP contribution in [0.4, 0.5) is 0 Å². The molecule has 0 aliphatic carbocycles. The normalized spacial score (nSPS) is 11.4. The van der Waals surface area contributed by atoms with Gasteiger partial charge in [-0.1, -0.05) is 32.4 Å². The molecule has 0 saturated carbocycles. The van der Waals surface area contributed by atoms with Gasteiger partial charge in [-0.05, 0) is 35.2 Å². The minimum Gasteiger partial charge on any atom is -0.287 e. The van der Waals surface area contributed by atoms with Gasteiger partial charge < -0.3 is 0 Å². The lowest BCUT2D eigenvalue weighted by atomic mass is 9.88. The van der Waals surface area contributed by atoms with E-state index < -0.39 is 0 Å². The number of benzene rings is 1. The molecule has 0 radical (unpaired) electrons. The summed E-state index contributed by atoms with van der Waals surface area (Å²) in [5, 5.41) is 0.642. The molecule has 1 heterocycles. The smallest absolute Gasteiger partial charge is 0.227 e. The maximum atomic E-state index is 12.1. The Bertz CT molecular complexity index is 594. The van der Waals surface area contributed by atoms with Crippen LogP contribution in [-0.4, -0.2) is 5.78 Å². The molecule has 0 bridgehead atoms. The van der Waals surface area contributed by atoms with Gasteiger partial charge in [0.05, 0.1) is 0 Å². The van der Waals surface area contributed by atoms with E-state index in [1.807, 2.05) is 17.0 Å². The monoisotopic (exact) mass is 288 g/mol. The van der Waals surface area contributed by atoms with Crippen LogP contribution in [0.3, 0.4) is 0 Å². The predicted molar refractivity (Wildman–Crippen MR) is 81.1 cm³/mol. The Balaban J connectivity index is 2.10. The molecule has 0 amide bonds. The number of ketones is 1. The molecule has 1 aromatic carbocycles. The highest BCUT2D eigenvalue weighted by molar-refractivity contribution is 6.30. The number of pyridine rings is 1. The van der Waals surface area contributed by atoms with Crippen molar-refractivity contribution in [2.24, 2.45) is 0 Å². The van der Waals surface area contributed by atoms with Crippen LogP contribution in [-0.2, 0) is 12.0 Å². The summed E-state index contributed by atoms with van der Waals surface area (Å²) in [5.74, 6) is 0.0789. The Morgan fingerprint density at radius 1 is 1.05 bits per heavy atom. The average molecular weight is 289 g/mol. The molecule has 20 heavy (non-hydrogen) atoms. The number of carbonyl (C=O) groups is 1. The third-order valence-electron chi connectivity index (χ3n) is 3.25. The first kappa shape index (κ1) is 14.7. The second kappa shape index (κ2) is 5.76. The topological polar surface area (TPSA) is 20.9 Å². The number of hydrogen-bond acceptors (Lipinski definition) is 1. The summed E-state index contributed by atoms with van der Waals surface area (Å²) in [6.07, 6.45) is 3.91. The number of aromatic nitrogens is 1. The highest BCUT2D eigenvalue weighted by Crippen LogP contribution is 2.20. The minimum atomic E-state index is 0.0789. The molecule has 104 valence electrons. The second-order valence-electron chi connectivity index (χ2n) is 5.94. The Kier molecular flexibility index (Phi) is 4.24. The van der Waals surface area contributed by atoms with Crippen molar-refractivity contribution in [1.82, 2.24) is 0 Å². The Hall–Kier alpha value is -1.67. The Morgan fingerprint density at radius 3 is 2.10 bits per heavy atom. The lowest BCUT2D eigenvalue weighted by Gasteiger charge is -2.17. The molecule has 0 unspecified atom stereocenters. The highest BCUT2D eigenvalue weighted by atomic mass is 35.5. The van der Waals surface area contributed by atoms with Crippen molar-refractivity contribution < 1.29 is 9.36 Å². The van der Waals surface area contributed by atoms with Crippen LogP contribution in [0.15, 0.2) is 48.8 Å². The molecular formula is C17H19ClNO+. The quantitative estimate of drug-likeness (QED) is 0.621. The SMILES string of the molecule is CC(C)(C)c1cc[n+](CC(=O)c2ccc(Cl)cc2)cc1. The van der Waals surface area contributed by atoms with Gasteiger partial charge >= 0.3 is 0 Å². The fraction of sp³-hybridized carbons (Fsp3) is 0.294. The predicted octanol–water partition coefficient (Wildman–Crippen LogP) is 3.81. The standard InChI is InChI=1S/C17H19ClNO/c1-17(2,3)14-8-10-19(11-9-14)12-16(20)13-4-6-15(18)7-5-13/h4-11H,12H2,1-3H3/q+1. The van der Waals surface area contributed by atoms with E-state index >= 15 is 0 Å². The minimum absolute atomic E-state index is 0.0789. The van der Waals surface area contributed by atoms with Crippen LogP contribution in [0, 0.1) is 0 Å². The van der Waals surface area contributed by atoms with Crippen molar-refractivity contribution in [3.05, 3.63) is 64.9 Å². The zero-order valence-corrected chi connectivity index (χ0v) is 12.8. The summed E-state index contributed by atoms with van der Waals surface area (Å²) in [5.41, 5.74) is 2.06. The van der Waals surface area contributed by atoms with Crippen molar-refractivity contribution in [3.8, 4) is 0 Å². The van der Waals surface area contributed by atoms with Crippen LogP contribution in [0.25, 0.3) is 0 Å². The maximum Gasteiger partial charge on any atom is 0.227 e. The Morgan fingerprint density at radius 2 is 1.60 bits per heavy atom. The van der Waals surface area contributed by atoms with Crippen LogP contribution in [0.5, 0.6) is 0 Å². The van der Waals surface area contributed by atoms with Crippen molar-refractivity contribution in [1.29, 1.82) is 0 Å². The molecule has 0 aliphatic heterocycles. The van der Waals surface area contributed by atoms with Crippen LogP contribution < -0.4 is 4.57 Å². The van der Waals surface area contributed by atoms with E-state index in [9.17, 15) is 4.79 Å². The summed E-state index contributed by atoms with van der Waals surface area (Å²) in [4.78, 5) is 12.1. The lowest BCUT2D eigenvalue weighted by molar-refractivity contribution is -0.683. The van der Waals surface area contributed by atoms with Crippen molar-refractivity contribution >= 4 is 17.4 Å². The summed E-state index contributed by atoms with van der Waals surface area (Å²) < 4.78 is 1.90. The summed E-state index contributed by atoms with van der Waals surface area (Å²) in [6, 6.07) is 11.1. The number of nitrogens with zero attached hydrogens (tertiary/aromatic N) is 1. The van der Waals surface area contributed by atoms with Crippen LogP contribution in [0.2, 0.25) is 5.02 Å². The molecular weight excluding hydrogens is 270 g/mol. The van der Waals surface area contributed by atoms with Crippen molar-refractivity contribution in [2.75, 3.05) is 0 Å². The van der Waals surface area contributed by atoms with Gasteiger partial charge in [0.15, 0.2) is 12.4 Å². The maximum absolute atomic E-state index is 12.1. The molecule has 2 aromatic rings. The molecule has 3 heteroatoms. The summed E-state index contributed by atoms with van der Waals surface area (Å²) >= 11 is 5.82. The number of Topliss-reactive ketones (excluding diaryl/α,β-unsaturated/α-hetero) is 1. The number of rotatable bonds is 3. The number of hydrogen-bond donors (Lipinski definition) is 0. The highest BCUT2D eigenvalue weighted by Gasteiger charge is 2.16. The number of halogens is 1. The summed E-state index contributed by atoms with van der Waals surface area (Å²) in [7, 11) is 0. The van der Waals surface area contributed by atoms with Gasteiger partial charge in [-0.2, -0.15) is 4.57 Å². The molecule has 0 aliphatic rings. The van der Waals surface area contributed by atoms with Gasteiger partial charge in [0.1, 0.15) is 0 Å². The van der Waals surface area contributed by atoms with E-state index in [1.165, 1.54) is 5.56 Å². The zero-order valence-electron chi connectivity index (χ0n) is 12.1. The molecule has 0 atom stereocenters. The molecule has 1 aromatic heterocycles. The van der Waals surface area contributed by atoms with Gasteiger partial charge in [-0.3, -0.25) is 4.79 Å². The van der Waals surface area contributed by atoms with Crippen molar-refractivity contribution in [3.63, 3.8) is 0 Å². The second-order valence-corrected chi connectivity index (χ2v) is 6.38. The van der Waals surface area contributed by atoms with Gasteiger partial charge in [0, 0.05) is 22.7 Å². The fourth-order valence-corrected chi connectivity index (χ4v) is 2.08. The first-order valence-electron chi connectivity index (χ1n) is 6.64. The average Bonchev–Trinajstić information content (AvgIpc) is 2.39. The van der Waals surface area contributed by atoms with E-state index in [-0.39, 0.29) is 11.2 Å². The lowest BCUT2D eigenvalue weighted by Crippen LogP contribution is -2.37. The van der Waals surface area contributed by atoms with Crippen LogP contribution >= 0.6 is 11.6 Å². The third-order valence-corrected chi connectivity index (χ3v) is 3.50. The molecule has 0 N–H and O–H groups in total. The van der Waals surface area contributed by atoms with Gasteiger partial charge in [-0.25, -0.2) is 0 Å². The van der Waals surface area contributed by atoms with E-state index in [4.69, 9.17) is 11.6 Å². The molecule has 2 nitrogen and oxygen atoms in total. The Labute approximate surface area is 125 Å².